The number of anilines is 1. The van der Waals surface area contributed by atoms with Gasteiger partial charge in [0.2, 0.25) is 0 Å². The second-order valence-corrected chi connectivity index (χ2v) is 4.23. The van der Waals surface area contributed by atoms with Crippen LogP contribution < -0.4 is 10.6 Å². The first kappa shape index (κ1) is 15.4. The summed E-state index contributed by atoms with van der Waals surface area (Å²) in [7, 11) is 0. The molecule has 0 unspecified atom stereocenters. The van der Waals surface area contributed by atoms with Crippen molar-refractivity contribution in [1.29, 1.82) is 0 Å². The summed E-state index contributed by atoms with van der Waals surface area (Å²) >= 11 is 0. The molecular weight excluding hydrogens is 240 g/mol. The zero-order chi connectivity index (χ0) is 14.1. The lowest BCUT2D eigenvalue weighted by Crippen LogP contribution is -2.35. The highest BCUT2D eigenvalue weighted by Gasteiger charge is 2.10. The maximum atomic E-state index is 12.1. The molecule has 5 heteroatoms. The van der Waals surface area contributed by atoms with Gasteiger partial charge in [-0.25, -0.2) is 0 Å². The molecule has 1 amide bonds. The van der Waals surface area contributed by atoms with Crippen LogP contribution in [-0.2, 0) is 0 Å². The van der Waals surface area contributed by atoms with E-state index in [0.29, 0.717) is 12.1 Å². The molecule has 0 bridgehead atoms. The number of nitrogens with one attached hydrogen (secondary N) is 2. The molecule has 0 atom stereocenters. The zero-order valence-electron chi connectivity index (χ0n) is 12.1. The van der Waals surface area contributed by atoms with E-state index in [-0.39, 0.29) is 5.91 Å². The first-order valence-electron chi connectivity index (χ1n) is 6.91. The van der Waals surface area contributed by atoms with Crippen LogP contribution in [0.25, 0.3) is 0 Å². The van der Waals surface area contributed by atoms with Crippen molar-refractivity contribution in [2.45, 2.75) is 20.8 Å². The lowest BCUT2D eigenvalue weighted by Gasteiger charge is -2.18. The van der Waals surface area contributed by atoms with Crippen molar-refractivity contribution in [1.82, 2.24) is 15.2 Å². The van der Waals surface area contributed by atoms with Gasteiger partial charge in [-0.05, 0) is 26.1 Å². The predicted octanol–water partition coefficient (Wildman–Crippen LogP) is 1.58. The molecule has 0 aliphatic rings. The highest BCUT2D eigenvalue weighted by Crippen LogP contribution is 2.12. The van der Waals surface area contributed by atoms with Gasteiger partial charge < -0.3 is 15.5 Å². The number of pyridine rings is 1. The van der Waals surface area contributed by atoms with Crippen LogP contribution in [0.5, 0.6) is 0 Å². The quantitative estimate of drug-likeness (QED) is 0.748. The summed E-state index contributed by atoms with van der Waals surface area (Å²) in [6, 6.07) is 1.82. The average molecular weight is 264 g/mol. The standard InChI is InChI=1S/C14H24N4O/c1-4-16-13-7-8-15-11-12(13)14(19)17-9-10-18(5-2)6-3/h7-8,11H,4-6,9-10H2,1-3H3,(H,15,16)(H,17,19). The minimum Gasteiger partial charge on any atom is -0.385 e. The van der Waals surface area contributed by atoms with E-state index >= 15 is 0 Å². The molecule has 19 heavy (non-hydrogen) atoms. The van der Waals surface area contributed by atoms with Crippen LogP contribution in [0.15, 0.2) is 18.5 Å². The molecule has 0 aromatic carbocycles. The fourth-order valence-corrected chi connectivity index (χ4v) is 1.88. The molecule has 5 nitrogen and oxygen atoms in total. The highest BCUT2D eigenvalue weighted by atomic mass is 16.1. The van der Waals surface area contributed by atoms with Crippen LogP contribution >= 0.6 is 0 Å². The predicted molar refractivity (Wildman–Crippen MR) is 78.5 cm³/mol. The van der Waals surface area contributed by atoms with Gasteiger partial charge in [-0.3, -0.25) is 9.78 Å². The molecule has 0 radical (unpaired) electrons. The monoisotopic (exact) mass is 264 g/mol. The van der Waals surface area contributed by atoms with Crippen molar-refractivity contribution in [2.75, 3.05) is 38.0 Å². The van der Waals surface area contributed by atoms with E-state index in [1.165, 1.54) is 0 Å². The summed E-state index contributed by atoms with van der Waals surface area (Å²) in [6.07, 6.45) is 3.29. The number of aromatic nitrogens is 1. The van der Waals surface area contributed by atoms with E-state index in [2.05, 4.69) is 34.4 Å². The first-order valence-corrected chi connectivity index (χ1v) is 6.91. The Kier molecular flexibility index (Phi) is 6.89. The van der Waals surface area contributed by atoms with Crippen molar-refractivity contribution in [3.05, 3.63) is 24.0 Å². The maximum Gasteiger partial charge on any atom is 0.254 e. The third kappa shape index (κ3) is 4.87. The fraction of sp³-hybridized carbons (Fsp3) is 0.571. The fourth-order valence-electron chi connectivity index (χ4n) is 1.88. The van der Waals surface area contributed by atoms with Crippen LogP contribution in [-0.4, -0.2) is 48.5 Å². The number of nitrogens with zero attached hydrogens (tertiary/aromatic N) is 2. The lowest BCUT2D eigenvalue weighted by atomic mass is 10.2. The average Bonchev–Trinajstić information content (AvgIpc) is 2.44. The first-order chi connectivity index (χ1) is 9.22. The molecule has 1 aromatic rings. The molecule has 0 spiro atoms. The molecule has 0 saturated heterocycles. The minimum absolute atomic E-state index is 0.0730. The number of hydrogen-bond donors (Lipinski definition) is 2. The highest BCUT2D eigenvalue weighted by molar-refractivity contribution is 5.99. The van der Waals surface area contributed by atoms with Crippen LogP contribution in [0.3, 0.4) is 0 Å². The van der Waals surface area contributed by atoms with Crippen LogP contribution in [0, 0.1) is 0 Å². The van der Waals surface area contributed by atoms with Crippen molar-refractivity contribution < 1.29 is 4.79 Å². The van der Waals surface area contributed by atoms with Crippen molar-refractivity contribution in [3.8, 4) is 0 Å². The second kappa shape index (κ2) is 8.48. The van der Waals surface area contributed by atoms with Crippen LogP contribution in [0.4, 0.5) is 5.69 Å². The molecule has 0 aliphatic carbocycles. The number of hydrogen-bond acceptors (Lipinski definition) is 4. The molecule has 0 saturated carbocycles. The Morgan fingerprint density at radius 1 is 1.32 bits per heavy atom. The SMILES string of the molecule is CCNc1ccncc1C(=O)NCCN(CC)CC. The Labute approximate surface area is 115 Å². The number of amides is 1. The van der Waals surface area contributed by atoms with Crippen LogP contribution in [0.1, 0.15) is 31.1 Å². The Morgan fingerprint density at radius 2 is 2.05 bits per heavy atom. The van der Waals surface area contributed by atoms with Crippen molar-refractivity contribution >= 4 is 11.6 Å². The van der Waals surface area contributed by atoms with E-state index in [1.807, 2.05) is 13.0 Å². The Morgan fingerprint density at radius 3 is 2.68 bits per heavy atom. The molecule has 106 valence electrons. The summed E-state index contributed by atoms with van der Waals surface area (Å²) in [5, 5.41) is 6.10. The van der Waals surface area contributed by atoms with Gasteiger partial charge in [0, 0.05) is 32.0 Å². The number of rotatable bonds is 8. The molecule has 0 aliphatic heterocycles. The summed E-state index contributed by atoms with van der Waals surface area (Å²) < 4.78 is 0. The van der Waals surface area contributed by atoms with Crippen LogP contribution in [0.2, 0.25) is 0 Å². The van der Waals surface area contributed by atoms with Gasteiger partial charge in [0.05, 0.1) is 11.3 Å². The lowest BCUT2D eigenvalue weighted by molar-refractivity contribution is 0.0949. The Hall–Kier alpha value is -1.62. The summed E-state index contributed by atoms with van der Waals surface area (Å²) in [4.78, 5) is 18.4. The molecular formula is C14H24N4O. The van der Waals surface area contributed by atoms with Gasteiger partial charge in [-0.1, -0.05) is 13.8 Å². The van der Waals surface area contributed by atoms with Gasteiger partial charge in [0.25, 0.3) is 5.91 Å². The van der Waals surface area contributed by atoms with Crippen molar-refractivity contribution in [3.63, 3.8) is 0 Å². The van der Waals surface area contributed by atoms with Gasteiger partial charge in [-0.15, -0.1) is 0 Å². The summed E-state index contributed by atoms with van der Waals surface area (Å²) in [5.41, 5.74) is 1.43. The number of likely N-dealkylation sites (N-methyl/N-ethyl adjacent to an activating group) is 1. The smallest absolute Gasteiger partial charge is 0.254 e. The van der Waals surface area contributed by atoms with E-state index in [0.717, 1.165) is 31.9 Å². The van der Waals surface area contributed by atoms with Gasteiger partial charge in [0.1, 0.15) is 0 Å². The van der Waals surface area contributed by atoms with E-state index in [1.54, 1.807) is 12.4 Å². The van der Waals surface area contributed by atoms with E-state index in [9.17, 15) is 4.79 Å². The van der Waals surface area contributed by atoms with E-state index < -0.39 is 0 Å². The Bertz CT molecular complexity index is 391. The summed E-state index contributed by atoms with van der Waals surface area (Å²) in [5.74, 6) is -0.0730. The van der Waals surface area contributed by atoms with Crippen molar-refractivity contribution in [2.24, 2.45) is 0 Å². The largest absolute Gasteiger partial charge is 0.385 e. The second-order valence-electron chi connectivity index (χ2n) is 4.23. The number of carbonyl (C=O) groups is 1. The maximum absolute atomic E-state index is 12.1. The minimum atomic E-state index is -0.0730. The zero-order valence-corrected chi connectivity index (χ0v) is 12.1. The molecule has 1 heterocycles. The Balaban J connectivity index is 2.53. The van der Waals surface area contributed by atoms with Gasteiger partial charge in [0.15, 0.2) is 0 Å². The molecule has 1 rings (SSSR count). The van der Waals surface area contributed by atoms with E-state index in [4.69, 9.17) is 0 Å². The summed E-state index contributed by atoms with van der Waals surface area (Å²) in [6.45, 7) is 10.6. The topological polar surface area (TPSA) is 57.3 Å². The number of carbonyl (C=O) groups excluding carboxylic acids is 1. The molecule has 2 N–H and O–H groups in total. The molecule has 0 fully saturated rings. The normalized spacial score (nSPS) is 10.5. The third-order valence-corrected chi connectivity index (χ3v) is 3.04. The van der Waals surface area contributed by atoms with Gasteiger partial charge in [-0.2, -0.15) is 0 Å². The molecule has 1 aromatic heterocycles. The third-order valence-electron chi connectivity index (χ3n) is 3.04. The van der Waals surface area contributed by atoms with Gasteiger partial charge >= 0.3 is 0 Å².